The number of nitrogens with one attached hydrogen (secondary N) is 1. The number of rotatable bonds is 4. The second-order valence-electron chi connectivity index (χ2n) is 6.86. The van der Waals surface area contributed by atoms with E-state index in [2.05, 4.69) is 11.4 Å². The molecule has 1 saturated heterocycles. The molecular weight excluding hydrogens is 326 g/mol. The average molecular weight is 349 g/mol. The molecule has 1 atom stereocenters. The Morgan fingerprint density at radius 1 is 1.25 bits per heavy atom. The second-order valence-corrected chi connectivity index (χ2v) is 8.40. The van der Waals surface area contributed by atoms with Crippen molar-refractivity contribution < 1.29 is 17.3 Å². The van der Waals surface area contributed by atoms with Crippen LogP contribution in [0, 0.1) is 12.3 Å². The van der Waals surface area contributed by atoms with Crippen molar-refractivity contribution in [2.24, 2.45) is 5.41 Å². The Balaban J connectivity index is 1.87. The summed E-state index contributed by atoms with van der Waals surface area (Å²) in [5.41, 5.74) is 1.53. The van der Waals surface area contributed by atoms with Gasteiger partial charge in [0.15, 0.2) is 0 Å². The second kappa shape index (κ2) is 6.35. The molecule has 1 aliphatic heterocycles. The van der Waals surface area contributed by atoms with Gasteiger partial charge in [-0.25, -0.2) is 0 Å². The Hall–Kier alpha value is -1.63. The lowest BCUT2D eigenvalue weighted by Crippen LogP contribution is -2.29. The zero-order chi connectivity index (χ0) is 17.4. The van der Waals surface area contributed by atoms with Gasteiger partial charge < -0.3 is 8.92 Å². The molecule has 130 valence electrons. The van der Waals surface area contributed by atoms with E-state index in [0.29, 0.717) is 18.8 Å². The quantitative estimate of drug-likeness (QED) is 0.847. The minimum atomic E-state index is -3.85. The van der Waals surface area contributed by atoms with E-state index in [1.54, 1.807) is 30.3 Å². The Kier molecular flexibility index (Phi) is 4.55. The molecule has 0 aromatic heterocycles. The molecule has 1 unspecified atom stereocenters. The summed E-state index contributed by atoms with van der Waals surface area (Å²) >= 11 is 0. The van der Waals surface area contributed by atoms with Crippen LogP contribution in [0.1, 0.15) is 25.8 Å². The molecular formula is C18H23NO4S. The number of allylic oxidation sites excluding steroid dienone is 2. The van der Waals surface area contributed by atoms with Crippen LogP contribution in [0.25, 0.3) is 0 Å². The third-order valence-corrected chi connectivity index (χ3v) is 5.59. The SMILES string of the molecule is Cc1ccc(S(=O)(=O)OC2=CC(C3NCCO3)=CCC2(C)C)cc1. The van der Waals surface area contributed by atoms with Crippen LogP contribution in [-0.2, 0) is 19.0 Å². The minimum absolute atomic E-state index is 0.163. The molecule has 0 saturated carbocycles. The van der Waals surface area contributed by atoms with Gasteiger partial charge in [-0.05, 0) is 37.1 Å². The maximum atomic E-state index is 12.6. The van der Waals surface area contributed by atoms with Crippen molar-refractivity contribution >= 4 is 10.1 Å². The summed E-state index contributed by atoms with van der Waals surface area (Å²) in [5.74, 6) is 0.442. The summed E-state index contributed by atoms with van der Waals surface area (Å²) in [5, 5.41) is 3.23. The maximum absolute atomic E-state index is 12.6. The fourth-order valence-electron chi connectivity index (χ4n) is 2.71. The van der Waals surface area contributed by atoms with Crippen molar-refractivity contribution in [3.05, 3.63) is 53.3 Å². The first-order chi connectivity index (χ1) is 11.3. The van der Waals surface area contributed by atoms with Crippen LogP contribution in [0.15, 0.2) is 52.6 Å². The number of aryl methyl sites for hydroxylation is 1. The molecule has 3 rings (SSSR count). The van der Waals surface area contributed by atoms with Gasteiger partial charge >= 0.3 is 10.1 Å². The van der Waals surface area contributed by atoms with Gasteiger partial charge in [0.1, 0.15) is 16.9 Å². The van der Waals surface area contributed by atoms with Gasteiger partial charge in [-0.3, -0.25) is 5.32 Å². The highest BCUT2D eigenvalue weighted by molar-refractivity contribution is 7.86. The molecule has 24 heavy (non-hydrogen) atoms. The van der Waals surface area contributed by atoms with Crippen molar-refractivity contribution in [2.75, 3.05) is 13.2 Å². The van der Waals surface area contributed by atoms with Crippen LogP contribution >= 0.6 is 0 Å². The first-order valence-electron chi connectivity index (χ1n) is 8.06. The fourth-order valence-corrected chi connectivity index (χ4v) is 3.79. The standard InChI is InChI=1S/C18H23NO4S/c1-13-4-6-15(7-5-13)24(20,21)23-16-12-14(8-9-18(16,2)3)17-19-10-11-22-17/h4-8,12,17,19H,9-11H2,1-3H3. The van der Waals surface area contributed by atoms with E-state index in [1.165, 1.54) is 0 Å². The Morgan fingerprint density at radius 2 is 1.96 bits per heavy atom. The van der Waals surface area contributed by atoms with Gasteiger partial charge in [0, 0.05) is 12.0 Å². The molecule has 1 aromatic rings. The topological polar surface area (TPSA) is 64.6 Å². The van der Waals surface area contributed by atoms with Gasteiger partial charge in [-0.1, -0.05) is 37.6 Å². The molecule has 0 bridgehead atoms. The Labute approximate surface area is 143 Å². The van der Waals surface area contributed by atoms with Crippen LogP contribution in [0.2, 0.25) is 0 Å². The molecule has 6 heteroatoms. The zero-order valence-electron chi connectivity index (χ0n) is 14.2. The lowest BCUT2D eigenvalue weighted by Gasteiger charge is -2.31. The van der Waals surface area contributed by atoms with Crippen molar-refractivity contribution in [1.82, 2.24) is 5.32 Å². The summed E-state index contributed by atoms with van der Waals surface area (Å²) in [4.78, 5) is 0.163. The molecule has 5 nitrogen and oxygen atoms in total. The smallest absolute Gasteiger partial charge is 0.338 e. The van der Waals surface area contributed by atoms with E-state index < -0.39 is 10.1 Å². The largest absolute Gasteiger partial charge is 0.383 e. The third-order valence-electron chi connectivity index (χ3n) is 4.34. The highest BCUT2D eigenvalue weighted by Gasteiger charge is 2.34. The van der Waals surface area contributed by atoms with E-state index in [-0.39, 0.29) is 16.5 Å². The summed E-state index contributed by atoms with van der Waals surface area (Å²) in [6.07, 6.45) is 4.37. The highest BCUT2D eigenvalue weighted by Crippen LogP contribution is 2.39. The summed E-state index contributed by atoms with van der Waals surface area (Å²) < 4.78 is 36.3. The van der Waals surface area contributed by atoms with Crippen molar-refractivity contribution in [3.63, 3.8) is 0 Å². The summed E-state index contributed by atoms with van der Waals surface area (Å²) in [6.45, 7) is 7.29. The number of benzene rings is 1. The van der Waals surface area contributed by atoms with Crippen LogP contribution < -0.4 is 5.32 Å². The van der Waals surface area contributed by atoms with E-state index in [0.717, 1.165) is 17.7 Å². The van der Waals surface area contributed by atoms with Crippen molar-refractivity contribution in [1.29, 1.82) is 0 Å². The summed E-state index contributed by atoms with van der Waals surface area (Å²) in [7, 11) is -3.85. The molecule has 1 aliphatic carbocycles. The van der Waals surface area contributed by atoms with Gasteiger partial charge in [0.05, 0.1) is 6.61 Å². The first-order valence-corrected chi connectivity index (χ1v) is 9.47. The zero-order valence-corrected chi connectivity index (χ0v) is 15.0. The molecule has 1 fully saturated rings. The number of ether oxygens (including phenoxy) is 1. The van der Waals surface area contributed by atoms with Gasteiger partial charge in [0.2, 0.25) is 0 Å². The number of hydrogen-bond donors (Lipinski definition) is 1. The van der Waals surface area contributed by atoms with E-state index in [1.807, 2.05) is 20.8 Å². The van der Waals surface area contributed by atoms with Crippen molar-refractivity contribution in [2.45, 2.75) is 38.3 Å². The van der Waals surface area contributed by atoms with Crippen LogP contribution in [0.5, 0.6) is 0 Å². The minimum Gasteiger partial charge on any atom is -0.383 e. The van der Waals surface area contributed by atoms with E-state index in [9.17, 15) is 8.42 Å². The van der Waals surface area contributed by atoms with Crippen LogP contribution in [0.4, 0.5) is 0 Å². The molecule has 1 heterocycles. The third kappa shape index (κ3) is 3.55. The monoisotopic (exact) mass is 349 g/mol. The lowest BCUT2D eigenvalue weighted by atomic mass is 9.82. The lowest BCUT2D eigenvalue weighted by molar-refractivity contribution is 0.129. The highest BCUT2D eigenvalue weighted by atomic mass is 32.2. The molecule has 1 N–H and O–H groups in total. The molecule has 2 aliphatic rings. The van der Waals surface area contributed by atoms with E-state index >= 15 is 0 Å². The molecule has 0 spiro atoms. The Bertz CT molecular complexity index is 770. The average Bonchev–Trinajstić information content (AvgIpc) is 3.04. The van der Waals surface area contributed by atoms with Gasteiger partial charge in [-0.15, -0.1) is 0 Å². The maximum Gasteiger partial charge on any atom is 0.338 e. The Morgan fingerprint density at radius 3 is 2.58 bits per heavy atom. The number of hydrogen-bond acceptors (Lipinski definition) is 5. The first kappa shape index (κ1) is 17.2. The van der Waals surface area contributed by atoms with Crippen LogP contribution in [0.3, 0.4) is 0 Å². The predicted octanol–water partition coefficient (Wildman–Crippen LogP) is 2.89. The van der Waals surface area contributed by atoms with Crippen LogP contribution in [-0.4, -0.2) is 27.8 Å². The molecule has 0 radical (unpaired) electrons. The van der Waals surface area contributed by atoms with Gasteiger partial charge in [0.25, 0.3) is 0 Å². The predicted molar refractivity (Wildman–Crippen MR) is 91.8 cm³/mol. The van der Waals surface area contributed by atoms with Crippen molar-refractivity contribution in [3.8, 4) is 0 Å². The summed E-state index contributed by atoms with van der Waals surface area (Å²) in [6, 6.07) is 6.66. The van der Waals surface area contributed by atoms with Gasteiger partial charge in [-0.2, -0.15) is 8.42 Å². The molecule has 0 amide bonds. The molecule has 1 aromatic carbocycles. The van der Waals surface area contributed by atoms with E-state index in [4.69, 9.17) is 8.92 Å². The normalized spacial score (nSPS) is 23.5. The fraction of sp³-hybridized carbons (Fsp3) is 0.444.